The number of hydrogen-bond donors (Lipinski definition) is 3. The van der Waals surface area contributed by atoms with Crippen molar-refractivity contribution in [3.05, 3.63) is 88.5 Å². The van der Waals surface area contributed by atoms with E-state index in [0.717, 1.165) is 27.8 Å². The second-order valence-corrected chi connectivity index (χ2v) is 6.11. The molecule has 0 heterocycles. The molecular weight excluding hydrogens is 300 g/mol. The summed E-state index contributed by atoms with van der Waals surface area (Å²) in [6.45, 7) is 3.92. The molecule has 0 saturated carbocycles. The van der Waals surface area contributed by atoms with E-state index in [9.17, 15) is 15.3 Å². The van der Waals surface area contributed by atoms with Gasteiger partial charge in [-0.2, -0.15) is 0 Å². The molecule has 0 saturated heterocycles. The normalized spacial score (nSPS) is 11.0. The maximum atomic E-state index is 9.90. The molecule has 3 rings (SSSR count). The van der Waals surface area contributed by atoms with Gasteiger partial charge in [0, 0.05) is 5.92 Å². The van der Waals surface area contributed by atoms with Gasteiger partial charge in [-0.15, -0.1) is 0 Å². The van der Waals surface area contributed by atoms with Crippen molar-refractivity contribution >= 4 is 0 Å². The van der Waals surface area contributed by atoms with Crippen LogP contribution in [0.3, 0.4) is 0 Å². The van der Waals surface area contributed by atoms with E-state index in [0.29, 0.717) is 0 Å². The zero-order valence-corrected chi connectivity index (χ0v) is 13.7. The van der Waals surface area contributed by atoms with E-state index in [1.807, 2.05) is 38.1 Å². The number of hydrogen-bond acceptors (Lipinski definition) is 3. The van der Waals surface area contributed by atoms with Crippen molar-refractivity contribution < 1.29 is 15.3 Å². The van der Waals surface area contributed by atoms with Crippen LogP contribution in [0.5, 0.6) is 17.2 Å². The molecule has 0 aliphatic rings. The number of aryl methyl sites for hydroxylation is 2. The molecule has 0 fully saturated rings. The Morgan fingerprint density at radius 1 is 0.625 bits per heavy atom. The molecule has 0 atom stereocenters. The van der Waals surface area contributed by atoms with Crippen LogP contribution >= 0.6 is 0 Å². The molecule has 3 heteroatoms. The lowest BCUT2D eigenvalue weighted by Crippen LogP contribution is -2.07. The molecule has 3 aromatic carbocycles. The molecule has 0 spiro atoms. The Hall–Kier alpha value is -2.94. The molecule has 0 radical (unpaired) electrons. The highest BCUT2D eigenvalue weighted by atomic mass is 16.3. The van der Waals surface area contributed by atoms with Gasteiger partial charge in [0.25, 0.3) is 0 Å². The summed E-state index contributed by atoms with van der Waals surface area (Å²) in [5, 5.41) is 29.3. The second kappa shape index (κ2) is 6.28. The highest BCUT2D eigenvalue weighted by Gasteiger charge is 2.21. The standard InChI is InChI=1S/C21H20O3/c1-13-10-17(23)6-8-19(13)21(15-4-3-5-16(22)12-15)20-9-7-18(24)11-14(20)2/h3-12,21-24H,1-2H3. The van der Waals surface area contributed by atoms with E-state index in [1.54, 1.807) is 36.4 Å². The molecule has 3 N–H and O–H groups in total. The maximum Gasteiger partial charge on any atom is 0.115 e. The SMILES string of the molecule is Cc1cc(O)ccc1C(c1cccc(O)c1)c1ccc(O)cc1C. The van der Waals surface area contributed by atoms with Crippen molar-refractivity contribution in [1.29, 1.82) is 0 Å². The van der Waals surface area contributed by atoms with Crippen LogP contribution in [-0.2, 0) is 0 Å². The molecular formula is C21H20O3. The molecule has 3 nitrogen and oxygen atoms in total. The Balaban J connectivity index is 2.24. The van der Waals surface area contributed by atoms with Gasteiger partial charge in [0.1, 0.15) is 17.2 Å². The van der Waals surface area contributed by atoms with Crippen LogP contribution in [0.25, 0.3) is 0 Å². The molecule has 0 unspecified atom stereocenters. The molecule has 122 valence electrons. The third kappa shape index (κ3) is 3.06. The summed E-state index contributed by atoms with van der Waals surface area (Å²) in [5.74, 6) is 0.574. The van der Waals surface area contributed by atoms with Crippen LogP contribution in [0.4, 0.5) is 0 Å². The third-order valence-electron chi connectivity index (χ3n) is 4.33. The Labute approximate surface area is 141 Å². The lowest BCUT2D eigenvalue weighted by atomic mass is 9.81. The van der Waals surface area contributed by atoms with Crippen molar-refractivity contribution in [2.75, 3.05) is 0 Å². The first kappa shape index (κ1) is 15.9. The summed E-state index contributed by atoms with van der Waals surface area (Å²) in [6, 6.07) is 17.8. The van der Waals surface area contributed by atoms with Crippen LogP contribution < -0.4 is 0 Å². The Morgan fingerprint density at radius 2 is 1.12 bits per heavy atom. The largest absolute Gasteiger partial charge is 0.508 e. The van der Waals surface area contributed by atoms with Gasteiger partial charge in [0.15, 0.2) is 0 Å². The average molecular weight is 320 g/mol. The van der Waals surface area contributed by atoms with Crippen LogP contribution in [0, 0.1) is 13.8 Å². The van der Waals surface area contributed by atoms with Gasteiger partial charge in [-0.05, 0) is 78.1 Å². The molecule has 0 amide bonds. The molecule has 0 aromatic heterocycles. The summed E-state index contributed by atoms with van der Waals surface area (Å²) in [6.07, 6.45) is 0. The van der Waals surface area contributed by atoms with Gasteiger partial charge < -0.3 is 15.3 Å². The minimum absolute atomic E-state index is 0.0988. The van der Waals surface area contributed by atoms with Crippen molar-refractivity contribution in [3.8, 4) is 17.2 Å². The summed E-state index contributed by atoms with van der Waals surface area (Å²) < 4.78 is 0. The van der Waals surface area contributed by atoms with Crippen LogP contribution in [-0.4, -0.2) is 15.3 Å². The van der Waals surface area contributed by atoms with Gasteiger partial charge >= 0.3 is 0 Å². The number of phenolic OH excluding ortho intramolecular Hbond substituents is 3. The van der Waals surface area contributed by atoms with E-state index in [4.69, 9.17) is 0 Å². The van der Waals surface area contributed by atoms with Gasteiger partial charge in [0.05, 0.1) is 0 Å². The van der Waals surface area contributed by atoms with Crippen molar-refractivity contribution in [3.63, 3.8) is 0 Å². The van der Waals surface area contributed by atoms with Crippen molar-refractivity contribution in [2.24, 2.45) is 0 Å². The quantitative estimate of drug-likeness (QED) is 0.618. The van der Waals surface area contributed by atoms with Crippen LogP contribution in [0.15, 0.2) is 60.7 Å². The third-order valence-corrected chi connectivity index (χ3v) is 4.33. The number of phenols is 3. The number of benzene rings is 3. The molecule has 0 bridgehead atoms. The summed E-state index contributed by atoms with van der Waals surface area (Å²) in [7, 11) is 0. The smallest absolute Gasteiger partial charge is 0.115 e. The van der Waals surface area contributed by atoms with Gasteiger partial charge in [-0.3, -0.25) is 0 Å². The molecule has 3 aromatic rings. The monoisotopic (exact) mass is 320 g/mol. The fourth-order valence-electron chi connectivity index (χ4n) is 3.20. The first-order valence-electron chi connectivity index (χ1n) is 7.83. The second-order valence-electron chi connectivity index (χ2n) is 6.11. The summed E-state index contributed by atoms with van der Waals surface area (Å²) >= 11 is 0. The predicted octanol–water partition coefficient (Wildman–Crippen LogP) is 4.60. The highest BCUT2D eigenvalue weighted by molar-refractivity contribution is 5.52. The van der Waals surface area contributed by atoms with Gasteiger partial charge in [0.2, 0.25) is 0 Å². The van der Waals surface area contributed by atoms with Crippen LogP contribution in [0.1, 0.15) is 33.7 Å². The summed E-state index contributed by atoms with van der Waals surface area (Å²) in [4.78, 5) is 0. The van der Waals surface area contributed by atoms with Crippen molar-refractivity contribution in [1.82, 2.24) is 0 Å². The Morgan fingerprint density at radius 3 is 1.58 bits per heavy atom. The lowest BCUT2D eigenvalue weighted by molar-refractivity contribution is 0.472. The minimum Gasteiger partial charge on any atom is -0.508 e. The zero-order chi connectivity index (χ0) is 17.3. The van der Waals surface area contributed by atoms with Crippen molar-refractivity contribution in [2.45, 2.75) is 19.8 Å². The molecule has 0 aliphatic heterocycles. The average Bonchev–Trinajstić information content (AvgIpc) is 2.51. The van der Waals surface area contributed by atoms with Gasteiger partial charge in [-0.1, -0.05) is 24.3 Å². The zero-order valence-electron chi connectivity index (χ0n) is 13.7. The molecule has 0 aliphatic carbocycles. The fourth-order valence-corrected chi connectivity index (χ4v) is 3.20. The number of rotatable bonds is 3. The first-order chi connectivity index (χ1) is 11.5. The van der Waals surface area contributed by atoms with E-state index in [1.165, 1.54) is 0 Å². The van der Waals surface area contributed by atoms with E-state index in [2.05, 4.69) is 0 Å². The van der Waals surface area contributed by atoms with E-state index < -0.39 is 0 Å². The fraction of sp³-hybridized carbons (Fsp3) is 0.143. The van der Waals surface area contributed by atoms with Crippen LogP contribution in [0.2, 0.25) is 0 Å². The van der Waals surface area contributed by atoms with E-state index in [-0.39, 0.29) is 23.2 Å². The van der Waals surface area contributed by atoms with Gasteiger partial charge in [-0.25, -0.2) is 0 Å². The maximum absolute atomic E-state index is 9.90. The highest BCUT2D eigenvalue weighted by Crippen LogP contribution is 2.38. The Kier molecular flexibility index (Phi) is 4.17. The Bertz CT molecular complexity index is 833. The topological polar surface area (TPSA) is 60.7 Å². The predicted molar refractivity (Wildman–Crippen MR) is 94.7 cm³/mol. The molecule has 24 heavy (non-hydrogen) atoms. The van der Waals surface area contributed by atoms with E-state index >= 15 is 0 Å². The number of aromatic hydroxyl groups is 3. The summed E-state index contributed by atoms with van der Waals surface area (Å²) in [5.41, 5.74) is 4.99. The lowest BCUT2D eigenvalue weighted by Gasteiger charge is -2.23. The first-order valence-corrected chi connectivity index (χ1v) is 7.83. The minimum atomic E-state index is -0.0988.